The molecule has 2 saturated heterocycles. The Kier molecular flexibility index (Phi) is 7.68. The van der Waals surface area contributed by atoms with Crippen LogP contribution in [0.25, 0.3) is 0 Å². The van der Waals surface area contributed by atoms with Gasteiger partial charge in [0.25, 0.3) is 0 Å². The van der Waals surface area contributed by atoms with E-state index in [1.54, 1.807) is 0 Å². The van der Waals surface area contributed by atoms with Gasteiger partial charge in [-0.05, 0) is 93.0 Å². The quantitative estimate of drug-likeness (QED) is 0.671. The summed E-state index contributed by atoms with van der Waals surface area (Å²) in [6, 6.07) is 17.2. The van der Waals surface area contributed by atoms with Crippen molar-refractivity contribution >= 4 is 22.7 Å². The normalized spacial score (nSPS) is 22.0. The van der Waals surface area contributed by atoms with Crippen molar-refractivity contribution in [2.75, 3.05) is 40.9 Å². The molecule has 0 saturated carbocycles. The summed E-state index contributed by atoms with van der Waals surface area (Å²) < 4.78 is 0. The van der Waals surface area contributed by atoms with E-state index in [9.17, 15) is 0 Å². The van der Waals surface area contributed by atoms with Crippen LogP contribution in [0, 0.1) is 5.92 Å². The molecule has 4 nitrogen and oxygen atoms in total. The highest BCUT2D eigenvalue weighted by Crippen LogP contribution is 2.27. The van der Waals surface area contributed by atoms with Crippen LogP contribution in [0.2, 0.25) is 0 Å². The lowest BCUT2D eigenvalue weighted by Gasteiger charge is -2.37. The van der Waals surface area contributed by atoms with Gasteiger partial charge < -0.3 is 21.3 Å². The van der Waals surface area contributed by atoms with Crippen LogP contribution in [0.3, 0.4) is 0 Å². The first-order valence-electron chi connectivity index (χ1n) is 11.3. The predicted octanol–water partition coefficient (Wildman–Crippen LogP) is 5.54. The molecule has 4 rings (SSSR count). The van der Waals surface area contributed by atoms with E-state index in [0.29, 0.717) is 0 Å². The summed E-state index contributed by atoms with van der Waals surface area (Å²) in [5, 5.41) is 0. The van der Waals surface area contributed by atoms with Crippen molar-refractivity contribution in [3.05, 3.63) is 48.5 Å². The Morgan fingerprint density at radius 3 is 2.00 bits per heavy atom. The molecule has 2 heterocycles. The Balaban J connectivity index is 0.000000166. The van der Waals surface area contributed by atoms with E-state index >= 15 is 0 Å². The molecule has 2 aromatic rings. The molecular weight excluding hydrogens is 356 g/mol. The Bertz CT molecular complexity index is 725. The van der Waals surface area contributed by atoms with Crippen LogP contribution >= 0.6 is 0 Å². The molecule has 0 radical (unpaired) electrons. The summed E-state index contributed by atoms with van der Waals surface area (Å²) in [6.45, 7) is 8.17. The summed E-state index contributed by atoms with van der Waals surface area (Å²) in [7, 11) is 0. The first kappa shape index (κ1) is 21.4. The maximum Gasteiger partial charge on any atom is 0.0370 e. The zero-order valence-corrected chi connectivity index (χ0v) is 18.2. The van der Waals surface area contributed by atoms with Gasteiger partial charge in [-0.3, -0.25) is 0 Å². The van der Waals surface area contributed by atoms with Crippen LogP contribution in [-0.2, 0) is 0 Å². The molecule has 4 heteroatoms. The SMILES string of the molecule is CC1CCCN(c2ccc(N)cc2)C1.CCC1CCCCN1c1ccc(N)cc1. The molecule has 2 aliphatic rings. The first-order chi connectivity index (χ1) is 14.1. The number of nitrogen functional groups attached to an aromatic ring is 2. The second kappa shape index (κ2) is 10.4. The molecule has 0 amide bonds. The number of benzene rings is 2. The summed E-state index contributed by atoms with van der Waals surface area (Å²) >= 11 is 0. The van der Waals surface area contributed by atoms with Crippen LogP contribution in [0.5, 0.6) is 0 Å². The monoisotopic (exact) mass is 394 g/mol. The number of hydrogen-bond acceptors (Lipinski definition) is 4. The minimum atomic E-state index is 0.724. The highest BCUT2D eigenvalue weighted by atomic mass is 15.2. The van der Waals surface area contributed by atoms with Crippen molar-refractivity contribution < 1.29 is 0 Å². The summed E-state index contributed by atoms with van der Waals surface area (Å²) in [6.07, 6.45) is 7.95. The second-order valence-electron chi connectivity index (χ2n) is 8.63. The van der Waals surface area contributed by atoms with Gasteiger partial charge >= 0.3 is 0 Å². The minimum Gasteiger partial charge on any atom is -0.399 e. The number of piperidine rings is 2. The third-order valence-electron chi connectivity index (χ3n) is 6.24. The molecule has 0 aromatic heterocycles. The molecule has 0 spiro atoms. The van der Waals surface area contributed by atoms with Crippen LogP contribution in [0.1, 0.15) is 52.4 Å². The van der Waals surface area contributed by atoms with E-state index in [2.05, 4.69) is 47.9 Å². The van der Waals surface area contributed by atoms with Crippen molar-refractivity contribution in [2.45, 2.75) is 58.4 Å². The third kappa shape index (κ3) is 6.06. The molecule has 158 valence electrons. The fourth-order valence-electron chi connectivity index (χ4n) is 4.54. The minimum absolute atomic E-state index is 0.724. The Hall–Kier alpha value is -2.36. The van der Waals surface area contributed by atoms with Gasteiger partial charge in [-0.2, -0.15) is 0 Å². The van der Waals surface area contributed by atoms with E-state index in [4.69, 9.17) is 11.5 Å². The number of hydrogen-bond donors (Lipinski definition) is 2. The maximum absolute atomic E-state index is 5.70. The van der Waals surface area contributed by atoms with Gasteiger partial charge in [-0.25, -0.2) is 0 Å². The van der Waals surface area contributed by atoms with Gasteiger partial charge in [0.2, 0.25) is 0 Å². The molecule has 29 heavy (non-hydrogen) atoms. The summed E-state index contributed by atoms with van der Waals surface area (Å²) in [5.41, 5.74) is 15.7. The Morgan fingerprint density at radius 2 is 1.41 bits per heavy atom. The first-order valence-corrected chi connectivity index (χ1v) is 11.3. The van der Waals surface area contributed by atoms with Crippen molar-refractivity contribution in [2.24, 2.45) is 5.92 Å². The lowest BCUT2D eigenvalue weighted by molar-refractivity contribution is 0.447. The largest absolute Gasteiger partial charge is 0.399 e. The molecule has 0 aliphatic carbocycles. The van der Waals surface area contributed by atoms with Gasteiger partial charge in [0.1, 0.15) is 0 Å². The molecule has 2 aliphatic heterocycles. The van der Waals surface area contributed by atoms with Crippen LogP contribution < -0.4 is 21.3 Å². The summed E-state index contributed by atoms with van der Waals surface area (Å²) in [4.78, 5) is 4.98. The zero-order chi connectivity index (χ0) is 20.6. The Labute approximate surface area is 176 Å². The Morgan fingerprint density at radius 1 is 0.793 bits per heavy atom. The highest BCUT2D eigenvalue weighted by Gasteiger charge is 2.20. The predicted molar refractivity (Wildman–Crippen MR) is 128 cm³/mol. The average molecular weight is 395 g/mol. The van der Waals surface area contributed by atoms with Gasteiger partial charge in [-0.1, -0.05) is 13.8 Å². The average Bonchev–Trinajstić information content (AvgIpc) is 2.75. The molecule has 0 bridgehead atoms. The van der Waals surface area contributed by atoms with Gasteiger partial charge in [0.15, 0.2) is 0 Å². The number of anilines is 4. The van der Waals surface area contributed by atoms with Crippen molar-refractivity contribution in [1.29, 1.82) is 0 Å². The van der Waals surface area contributed by atoms with E-state index in [1.165, 1.54) is 69.5 Å². The van der Waals surface area contributed by atoms with Gasteiger partial charge in [0.05, 0.1) is 0 Å². The molecule has 4 N–H and O–H groups in total. The van der Waals surface area contributed by atoms with E-state index in [-0.39, 0.29) is 0 Å². The number of rotatable bonds is 3. The third-order valence-corrected chi connectivity index (χ3v) is 6.24. The van der Waals surface area contributed by atoms with Gasteiger partial charge in [-0.15, -0.1) is 0 Å². The standard InChI is InChI=1S/C13H20N2.C12H18N2/c1-2-12-5-3-4-10-15(12)13-8-6-11(14)7-9-13;1-10-3-2-8-14(9-10)12-6-4-11(13)5-7-12/h6-9,12H,2-5,10,14H2,1H3;4-7,10H,2-3,8-9,13H2,1H3. The molecule has 2 aromatic carbocycles. The smallest absolute Gasteiger partial charge is 0.0370 e. The van der Waals surface area contributed by atoms with E-state index in [0.717, 1.165) is 23.3 Å². The van der Waals surface area contributed by atoms with E-state index in [1.807, 2.05) is 24.3 Å². The molecule has 2 fully saturated rings. The van der Waals surface area contributed by atoms with Crippen LogP contribution in [-0.4, -0.2) is 25.7 Å². The molecular formula is C25H38N4. The van der Waals surface area contributed by atoms with Crippen LogP contribution in [0.15, 0.2) is 48.5 Å². The number of nitrogens with zero attached hydrogens (tertiary/aromatic N) is 2. The lowest BCUT2D eigenvalue weighted by Crippen LogP contribution is -2.39. The topological polar surface area (TPSA) is 58.5 Å². The highest BCUT2D eigenvalue weighted by molar-refractivity contribution is 5.54. The molecule has 2 unspecified atom stereocenters. The maximum atomic E-state index is 5.70. The zero-order valence-electron chi connectivity index (χ0n) is 18.2. The van der Waals surface area contributed by atoms with Crippen molar-refractivity contribution in [1.82, 2.24) is 0 Å². The van der Waals surface area contributed by atoms with Crippen molar-refractivity contribution in [3.63, 3.8) is 0 Å². The lowest BCUT2D eigenvalue weighted by atomic mass is 9.99. The van der Waals surface area contributed by atoms with Crippen molar-refractivity contribution in [3.8, 4) is 0 Å². The van der Waals surface area contributed by atoms with Gasteiger partial charge in [0, 0.05) is 48.4 Å². The fourth-order valence-corrected chi connectivity index (χ4v) is 4.54. The van der Waals surface area contributed by atoms with Crippen LogP contribution in [0.4, 0.5) is 22.7 Å². The van der Waals surface area contributed by atoms with E-state index < -0.39 is 0 Å². The second-order valence-corrected chi connectivity index (χ2v) is 8.63. The molecule has 2 atom stereocenters. The fraction of sp³-hybridized carbons (Fsp3) is 0.520. The summed E-state index contributed by atoms with van der Waals surface area (Å²) in [5.74, 6) is 0.821. The number of nitrogens with two attached hydrogens (primary N) is 2.